The van der Waals surface area contributed by atoms with Crippen molar-refractivity contribution < 1.29 is 10.2 Å². The van der Waals surface area contributed by atoms with E-state index in [0.717, 1.165) is 12.8 Å². The maximum Gasteiger partial charge on any atom is 0.293 e. The molecule has 2 N–H and O–H groups in total. The minimum atomic E-state index is -0.800. The van der Waals surface area contributed by atoms with E-state index >= 15 is 0 Å². The van der Waals surface area contributed by atoms with Gasteiger partial charge in [-0.2, -0.15) is 0 Å². The quantitative estimate of drug-likeness (QED) is 0.698. The Balaban J connectivity index is 1.93. The average Bonchev–Trinajstić information content (AvgIpc) is 3.07. The van der Waals surface area contributed by atoms with E-state index in [1.54, 1.807) is 21.9 Å². The molecule has 17 heavy (non-hydrogen) atoms. The van der Waals surface area contributed by atoms with Crippen LogP contribution in [-0.4, -0.2) is 45.1 Å². The summed E-state index contributed by atoms with van der Waals surface area (Å²) in [6.07, 6.45) is 3.78. The van der Waals surface area contributed by atoms with Crippen molar-refractivity contribution in [2.45, 2.75) is 31.1 Å². The second-order valence-electron chi connectivity index (χ2n) is 4.73. The van der Waals surface area contributed by atoms with E-state index in [4.69, 9.17) is 0 Å². The number of hydrogen-bond donors (Lipinski definition) is 2. The fraction of sp³-hybridized carbons (Fsp3) is 0.636. The molecule has 0 amide bonds. The molecule has 2 heterocycles. The first-order valence-corrected chi connectivity index (χ1v) is 5.85. The van der Waals surface area contributed by atoms with Gasteiger partial charge in [-0.1, -0.05) is 0 Å². The Kier molecular flexibility index (Phi) is 2.41. The molecule has 0 bridgehead atoms. The molecule has 1 aliphatic carbocycles. The summed E-state index contributed by atoms with van der Waals surface area (Å²) in [5, 5.41) is 19.0. The molecule has 92 valence electrons. The van der Waals surface area contributed by atoms with Crippen molar-refractivity contribution in [1.29, 1.82) is 0 Å². The van der Waals surface area contributed by atoms with Crippen molar-refractivity contribution in [3.63, 3.8) is 0 Å². The SMILES string of the molecule is O=c1c(N2CC(O)C(O)C2)nccn1C1CC1. The number of rotatable bonds is 2. The van der Waals surface area contributed by atoms with Crippen molar-refractivity contribution in [3.8, 4) is 0 Å². The monoisotopic (exact) mass is 237 g/mol. The normalized spacial score (nSPS) is 28.7. The summed E-state index contributed by atoms with van der Waals surface area (Å²) in [6, 6.07) is 0.307. The van der Waals surface area contributed by atoms with Crippen molar-refractivity contribution >= 4 is 5.82 Å². The van der Waals surface area contributed by atoms with E-state index in [2.05, 4.69) is 4.98 Å². The van der Waals surface area contributed by atoms with Crippen LogP contribution in [0, 0.1) is 0 Å². The Morgan fingerprint density at radius 3 is 2.47 bits per heavy atom. The second-order valence-corrected chi connectivity index (χ2v) is 4.73. The van der Waals surface area contributed by atoms with Gasteiger partial charge in [-0.25, -0.2) is 4.98 Å². The van der Waals surface area contributed by atoms with Crippen LogP contribution in [0.1, 0.15) is 18.9 Å². The number of hydrogen-bond acceptors (Lipinski definition) is 5. The highest BCUT2D eigenvalue weighted by Crippen LogP contribution is 2.33. The van der Waals surface area contributed by atoms with E-state index in [9.17, 15) is 15.0 Å². The average molecular weight is 237 g/mol. The minimum absolute atomic E-state index is 0.128. The number of aliphatic hydroxyl groups is 2. The van der Waals surface area contributed by atoms with Gasteiger partial charge in [0.05, 0.1) is 12.2 Å². The van der Waals surface area contributed by atoms with Gasteiger partial charge in [0.25, 0.3) is 5.56 Å². The lowest BCUT2D eigenvalue weighted by molar-refractivity contribution is 0.0572. The van der Waals surface area contributed by atoms with Gasteiger partial charge in [-0.3, -0.25) is 4.79 Å². The highest BCUT2D eigenvalue weighted by Gasteiger charge is 2.33. The van der Waals surface area contributed by atoms with Crippen LogP contribution in [0.3, 0.4) is 0 Å². The van der Waals surface area contributed by atoms with Gasteiger partial charge < -0.3 is 19.7 Å². The molecule has 0 radical (unpaired) electrons. The Bertz CT molecular complexity index is 473. The fourth-order valence-electron chi connectivity index (χ4n) is 2.21. The Morgan fingerprint density at radius 1 is 1.24 bits per heavy atom. The Morgan fingerprint density at radius 2 is 1.88 bits per heavy atom. The third kappa shape index (κ3) is 1.83. The summed E-state index contributed by atoms with van der Waals surface area (Å²) in [7, 11) is 0. The molecule has 1 aliphatic heterocycles. The van der Waals surface area contributed by atoms with Gasteiger partial charge in [-0.15, -0.1) is 0 Å². The standard InChI is InChI=1S/C11H15N3O3/c15-8-5-13(6-9(8)16)10-11(17)14(4-3-12-10)7-1-2-7/h3-4,7-9,15-16H,1-2,5-6H2. The maximum absolute atomic E-state index is 12.1. The lowest BCUT2D eigenvalue weighted by atomic mass is 10.3. The smallest absolute Gasteiger partial charge is 0.293 e. The van der Waals surface area contributed by atoms with Crippen LogP contribution < -0.4 is 10.5 Å². The molecule has 1 saturated carbocycles. The predicted octanol–water partition coefficient (Wildman–Crippen LogP) is -0.880. The van der Waals surface area contributed by atoms with Crippen LogP contribution in [0.15, 0.2) is 17.2 Å². The molecule has 1 saturated heterocycles. The number of β-amino-alcohol motifs (C(OH)–C–C–N with tert-alkyl or cyclic N) is 2. The zero-order valence-corrected chi connectivity index (χ0v) is 9.36. The maximum atomic E-state index is 12.1. The summed E-state index contributed by atoms with van der Waals surface area (Å²) >= 11 is 0. The first-order valence-electron chi connectivity index (χ1n) is 5.85. The second kappa shape index (κ2) is 3.82. The lowest BCUT2D eigenvalue weighted by Gasteiger charge is -2.16. The van der Waals surface area contributed by atoms with Crippen molar-refractivity contribution in [3.05, 3.63) is 22.7 Å². The van der Waals surface area contributed by atoms with Crippen molar-refractivity contribution in [1.82, 2.24) is 9.55 Å². The molecule has 2 atom stereocenters. The molecule has 1 aromatic heterocycles. The third-order valence-corrected chi connectivity index (χ3v) is 3.35. The highest BCUT2D eigenvalue weighted by atomic mass is 16.3. The molecule has 2 aliphatic rings. The third-order valence-electron chi connectivity index (χ3n) is 3.35. The van der Waals surface area contributed by atoms with Gasteiger partial charge in [0.1, 0.15) is 0 Å². The molecule has 1 aromatic rings. The van der Waals surface area contributed by atoms with Crippen molar-refractivity contribution in [2.24, 2.45) is 0 Å². The van der Waals surface area contributed by atoms with E-state index in [1.165, 1.54) is 0 Å². The number of aliphatic hydroxyl groups excluding tert-OH is 2. The van der Waals surface area contributed by atoms with E-state index in [-0.39, 0.29) is 18.6 Å². The van der Waals surface area contributed by atoms with E-state index in [0.29, 0.717) is 11.9 Å². The van der Waals surface area contributed by atoms with Crippen LogP contribution in [0.5, 0.6) is 0 Å². The fourth-order valence-corrected chi connectivity index (χ4v) is 2.21. The van der Waals surface area contributed by atoms with E-state index in [1.807, 2.05) is 0 Å². The predicted molar refractivity (Wildman–Crippen MR) is 61.0 cm³/mol. The van der Waals surface area contributed by atoms with Crippen LogP contribution >= 0.6 is 0 Å². The number of aromatic nitrogens is 2. The van der Waals surface area contributed by atoms with Crippen LogP contribution in [-0.2, 0) is 0 Å². The first kappa shape index (κ1) is 10.7. The zero-order valence-electron chi connectivity index (χ0n) is 9.36. The minimum Gasteiger partial charge on any atom is -0.389 e. The summed E-state index contributed by atoms with van der Waals surface area (Å²) in [6.45, 7) is 0.524. The first-order chi connectivity index (χ1) is 8.16. The van der Waals surface area contributed by atoms with Crippen LogP contribution in [0.25, 0.3) is 0 Å². The molecule has 6 heteroatoms. The molecule has 3 rings (SSSR count). The molecular weight excluding hydrogens is 222 g/mol. The Labute approximate surface area is 98.1 Å². The topological polar surface area (TPSA) is 78.6 Å². The molecule has 2 fully saturated rings. The van der Waals surface area contributed by atoms with Gasteiger partial charge in [0.2, 0.25) is 0 Å². The van der Waals surface area contributed by atoms with Gasteiger partial charge >= 0.3 is 0 Å². The summed E-state index contributed by atoms with van der Waals surface area (Å²) in [5.74, 6) is 0.329. The summed E-state index contributed by atoms with van der Waals surface area (Å²) in [4.78, 5) is 17.9. The zero-order chi connectivity index (χ0) is 12.0. The van der Waals surface area contributed by atoms with Crippen LogP contribution in [0.2, 0.25) is 0 Å². The molecule has 2 unspecified atom stereocenters. The molecule has 0 aromatic carbocycles. The van der Waals surface area contributed by atoms with Crippen LogP contribution in [0.4, 0.5) is 5.82 Å². The summed E-state index contributed by atoms with van der Waals surface area (Å²) < 4.78 is 1.69. The number of anilines is 1. The summed E-state index contributed by atoms with van der Waals surface area (Å²) in [5.41, 5.74) is -0.128. The van der Waals surface area contributed by atoms with Gasteiger partial charge in [-0.05, 0) is 12.8 Å². The Hall–Kier alpha value is -1.40. The van der Waals surface area contributed by atoms with E-state index < -0.39 is 12.2 Å². The largest absolute Gasteiger partial charge is 0.389 e. The lowest BCUT2D eigenvalue weighted by Crippen LogP contribution is -2.32. The molecule has 0 spiro atoms. The van der Waals surface area contributed by atoms with Crippen molar-refractivity contribution in [2.75, 3.05) is 18.0 Å². The molecule has 6 nitrogen and oxygen atoms in total. The highest BCUT2D eigenvalue weighted by molar-refractivity contribution is 5.38. The van der Waals surface area contributed by atoms with Gasteiger partial charge in [0, 0.05) is 31.5 Å². The number of nitrogens with zero attached hydrogens (tertiary/aromatic N) is 3. The van der Waals surface area contributed by atoms with Gasteiger partial charge in [0.15, 0.2) is 5.82 Å². The molecular formula is C11H15N3O3.